The van der Waals surface area contributed by atoms with Gasteiger partial charge in [0.2, 0.25) is 0 Å². The van der Waals surface area contributed by atoms with E-state index >= 15 is 0 Å². The molecule has 2 atom stereocenters. The van der Waals surface area contributed by atoms with Crippen LogP contribution in [0, 0.1) is 0 Å². The molecule has 2 rings (SSSR count). The molecule has 0 fully saturated rings. The van der Waals surface area contributed by atoms with Gasteiger partial charge in [0.1, 0.15) is 18.5 Å². The van der Waals surface area contributed by atoms with E-state index in [1.54, 1.807) is 19.1 Å². The van der Waals surface area contributed by atoms with Crippen LogP contribution >= 0.6 is 0 Å². The second-order valence-electron chi connectivity index (χ2n) is 7.92. The first-order chi connectivity index (χ1) is 14.6. The number of ether oxygens (including phenoxy) is 1. The summed E-state index contributed by atoms with van der Waals surface area (Å²) in [6.45, 7) is 3.59. The predicted molar refractivity (Wildman–Crippen MR) is 119 cm³/mol. The van der Waals surface area contributed by atoms with Crippen molar-refractivity contribution in [2.24, 2.45) is 0 Å². The molecule has 1 aromatic carbocycles. The minimum absolute atomic E-state index is 0.149. The van der Waals surface area contributed by atoms with Crippen molar-refractivity contribution in [2.45, 2.75) is 90.4 Å². The standard InChI is InChI=1S/C25H36F2N2O/c1-3-5-6-7-8-9-10-11-12-20-17-28-25(29-18-20)21-13-15-22(16-14-21)30-19-24(27)23(26)4-2/h13-18,23-24H,3-12,19H2,1-2H3. The van der Waals surface area contributed by atoms with Crippen LogP contribution in [0.2, 0.25) is 0 Å². The highest BCUT2D eigenvalue weighted by Crippen LogP contribution is 2.20. The van der Waals surface area contributed by atoms with E-state index in [0.29, 0.717) is 11.6 Å². The average Bonchev–Trinajstić information content (AvgIpc) is 2.79. The van der Waals surface area contributed by atoms with Crippen molar-refractivity contribution in [3.8, 4) is 17.1 Å². The Morgan fingerprint density at radius 3 is 2.00 bits per heavy atom. The molecule has 166 valence electrons. The number of hydrogen-bond donors (Lipinski definition) is 0. The van der Waals surface area contributed by atoms with Crippen LogP contribution in [-0.4, -0.2) is 28.9 Å². The molecule has 3 nitrogen and oxygen atoms in total. The number of nitrogens with zero attached hydrogens (tertiary/aromatic N) is 2. The number of aryl methyl sites for hydroxylation is 1. The van der Waals surface area contributed by atoms with Gasteiger partial charge in [0.05, 0.1) is 0 Å². The molecule has 1 heterocycles. The first kappa shape index (κ1) is 24.2. The highest BCUT2D eigenvalue weighted by Gasteiger charge is 2.19. The van der Waals surface area contributed by atoms with Gasteiger partial charge in [-0.3, -0.25) is 0 Å². The van der Waals surface area contributed by atoms with Crippen LogP contribution in [0.1, 0.15) is 77.2 Å². The van der Waals surface area contributed by atoms with Crippen molar-refractivity contribution in [1.29, 1.82) is 0 Å². The van der Waals surface area contributed by atoms with E-state index in [9.17, 15) is 8.78 Å². The molecule has 0 saturated heterocycles. The van der Waals surface area contributed by atoms with Crippen LogP contribution in [-0.2, 0) is 6.42 Å². The quantitative estimate of drug-likeness (QED) is 0.285. The summed E-state index contributed by atoms with van der Waals surface area (Å²) in [5.41, 5.74) is 2.03. The van der Waals surface area contributed by atoms with Gasteiger partial charge in [0.15, 0.2) is 12.0 Å². The van der Waals surface area contributed by atoms with E-state index in [1.165, 1.54) is 51.4 Å². The molecule has 0 aliphatic carbocycles. The maximum Gasteiger partial charge on any atom is 0.165 e. The summed E-state index contributed by atoms with van der Waals surface area (Å²) in [7, 11) is 0. The van der Waals surface area contributed by atoms with Gasteiger partial charge in [-0.15, -0.1) is 0 Å². The summed E-state index contributed by atoms with van der Waals surface area (Å²) in [5, 5.41) is 0. The van der Waals surface area contributed by atoms with Gasteiger partial charge in [-0.1, -0.05) is 58.8 Å². The summed E-state index contributed by atoms with van der Waals surface area (Å²) in [5.74, 6) is 1.16. The number of benzene rings is 1. The van der Waals surface area contributed by atoms with Crippen molar-refractivity contribution < 1.29 is 13.5 Å². The molecular weight excluding hydrogens is 382 g/mol. The molecule has 0 radical (unpaired) electrons. The van der Waals surface area contributed by atoms with Crippen molar-refractivity contribution in [3.63, 3.8) is 0 Å². The second-order valence-corrected chi connectivity index (χ2v) is 7.92. The van der Waals surface area contributed by atoms with Gasteiger partial charge >= 0.3 is 0 Å². The lowest BCUT2D eigenvalue weighted by Crippen LogP contribution is -2.23. The molecule has 0 aliphatic rings. The zero-order chi connectivity index (χ0) is 21.6. The molecular formula is C25H36F2N2O. The van der Waals surface area contributed by atoms with Crippen LogP contribution < -0.4 is 4.74 Å². The van der Waals surface area contributed by atoms with E-state index in [-0.39, 0.29) is 13.0 Å². The number of alkyl halides is 2. The number of halogens is 2. The summed E-state index contributed by atoms with van der Waals surface area (Å²) in [6.07, 6.45) is 12.3. The van der Waals surface area contributed by atoms with E-state index in [2.05, 4.69) is 16.9 Å². The van der Waals surface area contributed by atoms with Crippen LogP contribution in [0.5, 0.6) is 5.75 Å². The SMILES string of the molecule is CCCCCCCCCCc1cnc(-c2ccc(OCC(F)C(F)CC)cc2)nc1. The molecule has 0 amide bonds. The van der Waals surface area contributed by atoms with Crippen molar-refractivity contribution >= 4 is 0 Å². The molecule has 0 aliphatic heterocycles. The minimum atomic E-state index is -1.60. The number of rotatable bonds is 15. The molecule has 5 heteroatoms. The van der Waals surface area contributed by atoms with Crippen molar-refractivity contribution in [2.75, 3.05) is 6.61 Å². The smallest absolute Gasteiger partial charge is 0.165 e. The Balaban J connectivity index is 1.72. The summed E-state index contributed by atoms with van der Waals surface area (Å²) in [4.78, 5) is 8.95. The van der Waals surface area contributed by atoms with E-state index < -0.39 is 12.3 Å². The van der Waals surface area contributed by atoms with Gasteiger partial charge in [0.25, 0.3) is 0 Å². The average molecular weight is 419 g/mol. The number of hydrogen-bond acceptors (Lipinski definition) is 3. The third-order valence-corrected chi connectivity index (χ3v) is 5.33. The zero-order valence-electron chi connectivity index (χ0n) is 18.5. The van der Waals surface area contributed by atoms with Gasteiger partial charge < -0.3 is 4.74 Å². The minimum Gasteiger partial charge on any atom is -0.490 e. The topological polar surface area (TPSA) is 35.0 Å². The van der Waals surface area contributed by atoms with Gasteiger partial charge in [0, 0.05) is 18.0 Å². The fourth-order valence-electron chi connectivity index (χ4n) is 3.33. The van der Waals surface area contributed by atoms with Crippen LogP contribution in [0.15, 0.2) is 36.7 Å². The number of aromatic nitrogens is 2. The van der Waals surface area contributed by atoms with E-state index in [0.717, 1.165) is 17.5 Å². The lowest BCUT2D eigenvalue weighted by Gasteiger charge is -2.13. The Morgan fingerprint density at radius 2 is 1.40 bits per heavy atom. The maximum absolute atomic E-state index is 13.5. The van der Waals surface area contributed by atoms with Crippen molar-refractivity contribution in [3.05, 3.63) is 42.2 Å². The first-order valence-corrected chi connectivity index (χ1v) is 11.5. The Kier molecular flexibility index (Phi) is 11.3. The Morgan fingerprint density at radius 1 is 0.800 bits per heavy atom. The largest absolute Gasteiger partial charge is 0.490 e. The lowest BCUT2D eigenvalue weighted by atomic mass is 10.1. The third-order valence-electron chi connectivity index (χ3n) is 5.33. The monoisotopic (exact) mass is 418 g/mol. The van der Waals surface area contributed by atoms with Crippen molar-refractivity contribution in [1.82, 2.24) is 9.97 Å². The maximum atomic E-state index is 13.5. The zero-order valence-corrected chi connectivity index (χ0v) is 18.5. The van der Waals surface area contributed by atoms with Gasteiger partial charge in [-0.05, 0) is 49.1 Å². The van der Waals surface area contributed by atoms with Gasteiger partial charge in [-0.2, -0.15) is 0 Å². The predicted octanol–water partition coefficient (Wildman–Crippen LogP) is 7.29. The molecule has 1 aromatic heterocycles. The molecule has 0 bridgehead atoms. The number of unbranched alkanes of at least 4 members (excludes halogenated alkanes) is 7. The molecule has 0 N–H and O–H groups in total. The molecule has 2 aromatic rings. The summed E-state index contributed by atoms with van der Waals surface area (Å²) >= 11 is 0. The lowest BCUT2D eigenvalue weighted by molar-refractivity contribution is 0.106. The molecule has 0 saturated carbocycles. The van der Waals surface area contributed by atoms with Crippen LogP contribution in [0.25, 0.3) is 11.4 Å². The highest BCUT2D eigenvalue weighted by atomic mass is 19.2. The summed E-state index contributed by atoms with van der Waals surface area (Å²) < 4.78 is 32.1. The Hall–Kier alpha value is -2.04. The highest BCUT2D eigenvalue weighted by molar-refractivity contribution is 5.55. The Labute approximate surface area is 180 Å². The second kappa shape index (κ2) is 14.1. The fourth-order valence-corrected chi connectivity index (χ4v) is 3.33. The van der Waals surface area contributed by atoms with E-state index in [1.807, 2.05) is 24.5 Å². The summed E-state index contributed by atoms with van der Waals surface area (Å²) in [6, 6.07) is 7.14. The van der Waals surface area contributed by atoms with Crippen LogP contribution in [0.3, 0.4) is 0 Å². The normalized spacial score (nSPS) is 13.2. The van der Waals surface area contributed by atoms with E-state index in [4.69, 9.17) is 4.74 Å². The molecule has 30 heavy (non-hydrogen) atoms. The third kappa shape index (κ3) is 8.76. The van der Waals surface area contributed by atoms with Crippen LogP contribution in [0.4, 0.5) is 8.78 Å². The molecule has 0 spiro atoms. The fraction of sp³-hybridized carbons (Fsp3) is 0.600. The van der Waals surface area contributed by atoms with Gasteiger partial charge in [-0.25, -0.2) is 18.7 Å². The Bertz CT molecular complexity index is 691. The molecule has 2 unspecified atom stereocenters. The first-order valence-electron chi connectivity index (χ1n) is 11.5.